The number of hydrogen-bond donors (Lipinski definition) is 2. The Bertz CT molecular complexity index is 1350. The van der Waals surface area contributed by atoms with Crippen LogP contribution in [0.3, 0.4) is 0 Å². The van der Waals surface area contributed by atoms with Gasteiger partial charge in [-0.1, -0.05) is 47.2 Å². The van der Waals surface area contributed by atoms with E-state index in [1.54, 1.807) is 61.5 Å². The third kappa shape index (κ3) is 4.16. The molecule has 0 aliphatic rings. The van der Waals surface area contributed by atoms with Gasteiger partial charge in [0.05, 0.1) is 20.8 Å². The number of rotatable bonds is 5. The second-order valence-electron chi connectivity index (χ2n) is 6.49. The minimum absolute atomic E-state index is 0.121. The second-order valence-corrected chi connectivity index (χ2v) is 9.58. The molecule has 0 atom stereocenters. The molecule has 9 heteroatoms. The topological polar surface area (TPSA) is 88.2 Å². The lowest BCUT2D eigenvalue weighted by Crippen LogP contribution is -2.14. The number of thiazole rings is 1. The monoisotopic (exact) mass is 457 g/mol. The van der Waals surface area contributed by atoms with Crippen LogP contribution in [0, 0.1) is 6.92 Å². The number of amides is 1. The van der Waals surface area contributed by atoms with Crippen LogP contribution in [0.15, 0.2) is 71.6 Å². The summed E-state index contributed by atoms with van der Waals surface area (Å²) in [5.41, 5.74) is 2.07. The van der Waals surface area contributed by atoms with E-state index in [0.29, 0.717) is 32.5 Å². The number of carbonyl (C=O) groups excluding carboxylic acids is 1. The molecule has 1 heterocycles. The largest absolute Gasteiger partial charge is 0.298 e. The van der Waals surface area contributed by atoms with E-state index in [9.17, 15) is 13.2 Å². The maximum absolute atomic E-state index is 12.8. The van der Waals surface area contributed by atoms with E-state index in [2.05, 4.69) is 15.0 Å². The third-order valence-electron chi connectivity index (χ3n) is 4.40. The summed E-state index contributed by atoms with van der Waals surface area (Å²) in [7, 11) is -3.80. The number of fused-ring (bicyclic) bond motifs is 1. The fourth-order valence-electron chi connectivity index (χ4n) is 2.89. The van der Waals surface area contributed by atoms with Crippen molar-refractivity contribution < 1.29 is 13.2 Å². The van der Waals surface area contributed by atoms with Crippen LogP contribution in [-0.4, -0.2) is 19.3 Å². The molecule has 1 aromatic heterocycles. The molecular formula is C21H16ClN3O3S2. The van der Waals surface area contributed by atoms with Gasteiger partial charge in [0.15, 0.2) is 5.13 Å². The molecular weight excluding hydrogens is 442 g/mol. The molecule has 0 fully saturated rings. The second kappa shape index (κ2) is 8.06. The third-order valence-corrected chi connectivity index (χ3v) is 7.27. The minimum atomic E-state index is -3.80. The fourth-order valence-corrected chi connectivity index (χ4v) is 5.34. The molecule has 0 radical (unpaired) electrons. The Morgan fingerprint density at radius 2 is 1.80 bits per heavy atom. The van der Waals surface area contributed by atoms with Gasteiger partial charge < -0.3 is 0 Å². The number of anilines is 2. The van der Waals surface area contributed by atoms with Gasteiger partial charge in [-0.25, -0.2) is 13.4 Å². The van der Waals surface area contributed by atoms with Crippen LogP contribution in [0.5, 0.6) is 0 Å². The lowest BCUT2D eigenvalue weighted by atomic mass is 10.2. The number of sulfonamides is 1. The van der Waals surface area contributed by atoms with Crippen molar-refractivity contribution in [3.63, 3.8) is 0 Å². The molecule has 0 bridgehead atoms. The van der Waals surface area contributed by atoms with Crippen molar-refractivity contribution in [3.05, 3.63) is 82.9 Å². The minimum Gasteiger partial charge on any atom is -0.298 e. The van der Waals surface area contributed by atoms with Gasteiger partial charge in [0, 0.05) is 10.6 Å². The molecule has 30 heavy (non-hydrogen) atoms. The number of benzene rings is 3. The average molecular weight is 458 g/mol. The molecule has 0 unspecified atom stereocenters. The summed E-state index contributed by atoms with van der Waals surface area (Å²) in [4.78, 5) is 16.8. The van der Waals surface area contributed by atoms with Crippen molar-refractivity contribution >= 4 is 59.9 Å². The van der Waals surface area contributed by atoms with Crippen LogP contribution in [0.4, 0.5) is 10.8 Å². The summed E-state index contributed by atoms with van der Waals surface area (Å²) in [5, 5.41) is 3.59. The molecule has 6 nitrogen and oxygen atoms in total. The molecule has 3 aromatic carbocycles. The predicted octanol–water partition coefficient (Wildman–Crippen LogP) is 5.31. The molecule has 1 amide bonds. The highest BCUT2D eigenvalue weighted by atomic mass is 35.5. The predicted molar refractivity (Wildman–Crippen MR) is 121 cm³/mol. The van der Waals surface area contributed by atoms with Crippen molar-refractivity contribution in [3.8, 4) is 0 Å². The summed E-state index contributed by atoms with van der Waals surface area (Å²) < 4.78 is 28.9. The van der Waals surface area contributed by atoms with Gasteiger partial charge in [0.2, 0.25) is 0 Å². The first-order valence-corrected chi connectivity index (χ1v) is 11.6. The van der Waals surface area contributed by atoms with E-state index < -0.39 is 10.0 Å². The Morgan fingerprint density at radius 1 is 1.03 bits per heavy atom. The van der Waals surface area contributed by atoms with Crippen molar-refractivity contribution in [2.45, 2.75) is 11.8 Å². The average Bonchev–Trinajstić information content (AvgIpc) is 3.11. The van der Waals surface area contributed by atoms with E-state index in [4.69, 9.17) is 11.6 Å². The SMILES string of the molecule is Cc1c(Cl)cccc1S(=O)(=O)Nc1ccc2nc(NC(=O)c3ccccc3)sc2c1. The van der Waals surface area contributed by atoms with Gasteiger partial charge in [-0.3, -0.25) is 14.8 Å². The Kier molecular flexibility index (Phi) is 5.46. The first-order chi connectivity index (χ1) is 14.3. The van der Waals surface area contributed by atoms with Crippen LogP contribution in [0.1, 0.15) is 15.9 Å². The molecule has 0 spiro atoms. The van der Waals surface area contributed by atoms with E-state index in [0.717, 1.165) is 4.70 Å². The van der Waals surface area contributed by atoms with Gasteiger partial charge in [-0.05, 0) is 55.0 Å². The quantitative estimate of drug-likeness (QED) is 0.425. The van der Waals surface area contributed by atoms with Crippen molar-refractivity contribution in [2.24, 2.45) is 0 Å². The highest BCUT2D eigenvalue weighted by Gasteiger charge is 2.19. The summed E-state index contributed by atoms with van der Waals surface area (Å²) in [6.45, 7) is 1.66. The maximum Gasteiger partial charge on any atom is 0.262 e. The number of halogens is 1. The molecule has 4 aromatic rings. The number of aromatic nitrogens is 1. The molecule has 4 rings (SSSR count). The number of hydrogen-bond acceptors (Lipinski definition) is 5. The zero-order valence-corrected chi connectivity index (χ0v) is 18.1. The summed E-state index contributed by atoms with van der Waals surface area (Å²) >= 11 is 7.32. The summed E-state index contributed by atoms with van der Waals surface area (Å²) in [6, 6.07) is 18.6. The Hall–Kier alpha value is -2.94. The number of carbonyl (C=O) groups is 1. The van der Waals surface area contributed by atoms with Gasteiger partial charge in [0.1, 0.15) is 0 Å². The molecule has 2 N–H and O–H groups in total. The van der Waals surface area contributed by atoms with Crippen molar-refractivity contribution in [2.75, 3.05) is 10.0 Å². The Morgan fingerprint density at radius 3 is 2.57 bits per heavy atom. The number of nitrogens with zero attached hydrogens (tertiary/aromatic N) is 1. The van der Waals surface area contributed by atoms with Crippen LogP contribution in [0.2, 0.25) is 5.02 Å². The van der Waals surface area contributed by atoms with E-state index in [1.165, 1.54) is 17.4 Å². The lowest BCUT2D eigenvalue weighted by molar-refractivity contribution is 0.102. The molecule has 0 saturated carbocycles. The van der Waals surface area contributed by atoms with Gasteiger partial charge >= 0.3 is 0 Å². The van der Waals surface area contributed by atoms with Crippen molar-refractivity contribution in [1.29, 1.82) is 0 Å². The standard InChI is InChI=1S/C21H16ClN3O3S2/c1-13-16(22)8-5-9-19(13)30(27,28)25-15-10-11-17-18(12-15)29-21(23-17)24-20(26)14-6-3-2-4-7-14/h2-12,25H,1H3,(H,23,24,26). The normalized spacial score (nSPS) is 11.4. The van der Waals surface area contributed by atoms with Gasteiger partial charge in [-0.2, -0.15) is 0 Å². The Balaban J connectivity index is 1.58. The lowest BCUT2D eigenvalue weighted by Gasteiger charge is -2.11. The number of nitrogens with one attached hydrogen (secondary N) is 2. The van der Waals surface area contributed by atoms with Crippen LogP contribution < -0.4 is 10.0 Å². The Labute approximate surface area is 182 Å². The van der Waals surface area contributed by atoms with Gasteiger partial charge in [0.25, 0.3) is 15.9 Å². The smallest absolute Gasteiger partial charge is 0.262 e. The zero-order chi connectivity index (χ0) is 21.3. The van der Waals surface area contributed by atoms with Gasteiger partial charge in [-0.15, -0.1) is 0 Å². The highest BCUT2D eigenvalue weighted by Crippen LogP contribution is 2.30. The first kappa shape index (κ1) is 20.3. The summed E-state index contributed by atoms with van der Waals surface area (Å²) in [6.07, 6.45) is 0. The molecule has 152 valence electrons. The first-order valence-electron chi connectivity index (χ1n) is 8.88. The molecule has 0 aliphatic heterocycles. The van der Waals surface area contributed by atoms with Crippen molar-refractivity contribution in [1.82, 2.24) is 4.98 Å². The molecule has 0 saturated heterocycles. The molecule has 0 aliphatic carbocycles. The van der Waals surface area contributed by atoms with E-state index in [-0.39, 0.29) is 10.8 Å². The van der Waals surface area contributed by atoms with Crippen LogP contribution >= 0.6 is 22.9 Å². The fraction of sp³-hybridized carbons (Fsp3) is 0.0476. The zero-order valence-electron chi connectivity index (χ0n) is 15.7. The van der Waals surface area contributed by atoms with Crippen LogP contribution in [-0.2, 0) is 10.0 Å². The van der Waals surface area contributed by atoms with E-state index >= 15 is 0 Å². The van der Waals surface area contributed by atoms with E-state index in [1.807, 2.05) is 6.07 Å². The van der Waals surface area contributed by atoms with Crippen LogP contribution in [0.25, 0.3) is 10.2 Å². The highest BCUT2D eigenvalue weighted by molar-refractivity contribution is 7.92. The summed E-state index contributed by atoms with van der Waals surface area (Å²) in [5.74, 6) is -0.257. The maximum atomic E-state index is 12.8.